The molecule has 1 atom stereocenters. The van der Waals surface area contributed by atoms with Crippen LogP contribution in [0.2, 0.25) is 0 Å². The van der Waals surface area contributed by atoms with Gasteiger partial charge in [0, 0.05) is 0 Å². The summed E-state index contributed by atoms with van der Waals surface area (Å²) in [7, 11) is 0. The standard InChI is InChI=1S/C7H4NO3S/c9-7-8-6-4(11-7)2-1-3-5(6)12-10/h1-3,7H. The lowest BCUT2D eigenvalue weighted by atomic mass is 10.1. The molecule has 61 valence electrons. The first-order valence-electron chi connectivity index (χ1n) is 3.27. The maximum Gasteiger partial charge on any atom is 0.330 e. The third kappa shape index (κ3) is 1.03. The van der Waals surface area contributed by atoms with Gasteiger partial charge in [-0.05, 0) is 12.2 Å². The quantitative estimate of drug-likeness (QED) is 0.495. The van der Waals surface area contributed by atoms with Gasteiger partial charge in [0.05, 0.1) is 16.1 Å². The highest BCUT2D eigenvalue weighted by Crippen LogP contribution is 2.18. The lowest BCUT2D eigenvalue weighted by molar-refractivity contribution is -0.0875. The van der Waals surface area contributed by atoms with E-state index in [-0.39, 0.29) is 0 Å². The fourth-order valence-electron chi connectivity index (χ4n) is 1.03. The van der Waals surface area contributed by atoms with Crippen molar-refractivity contribution in [1.29, 1.82) is 0 Å². The van der Waals surface area contributed by atoms with E-state index >= 15 is 0 Å². The average Bonchev–Trinajstić information content (AvgIpc) is 2.44. The fourth-order valence-corrected chi connectivity index (χ4v) is 1.40. The molecular weight excluding hydrogens is 178 g/mol. The van der Waals surface area contributed by atoms with Gasteiger partial charge in [-0.2, -0.15) is 5.11 Å². The minimum absolute atomic E-state index is 0.314. The van der Waals surface area contributed by atoms with E-state index < -0.39 is 6.41 Å². The van der Waals surface area contributed by atoms with Crippen molar-refractivity contribution < 1.29 is 14.1 Å². The van der Waals surface area contributed by atoms with Crippen molar-refractivity contribution in [3.63, 3.8) is 0 Å². The molecule has 5 heteroatoms. The maximum atomic E-state index is 10.8. The average molecular weight is 182 g/mol. The molecule has 1 unspecified atom stereocenters. The summed E-state index contributed by atoms with van der Waals surface area (Å²) in [5, 5.41) is 10.8. The Bertz CT molecular complexity index is 363. The van der Waals surface area contributed by atoms with Gasteiger partial charge in [-0.3, -0.25) is 0 Å². The van der Waals surface area contributed by atoms with Crippen LogP contribution < -0.4 is 0 Å². The van der Waals surface area contributed by atoms with E-state index in [1.54, 1.807) is 18.2 Å². The van der Waals surface area contributed by atoms with Crippen molar-refractivity contribution in [2.45, 2.75) is 6.41 Å². The van der Waals surface area contributed by atoms with E-state index in [0.717, 1.165) is 0 Å². The minimum atomic E-state index is -1.41. The fraction of sp³-hybridized carbons (Fsp3) is 0.143. The van der Waals surface area contributed by atoms with Crippen LogP contribution in [0.4, 0.5) is 0 Å². The Balaban J connectivity index is 2.50. The number of fused-ring (bicyclic) bond motifs is 1. The minimum Gasteiger partial charge on any atom is -0.441 e. The van der Waals surface area contributed by atoms with Gasteiger partial charge in [0.2, 0.25) is 0 Å². The van der Waals surface area contributed by atoms with Crippen molar-refractivity contribution in [2.75, 3.05) is 0 Å². The highest BCUT2D eigenvalue weighted by atomic mass is 32.1. The smallest absolute Gasteiger partial charge is 0.330 e. The van der Waals surface area contributed by atoms with Gasteiger partial charge < -0.3 is 4.74 Å². The second kappa shape index (κ2) is 2.69. The lowest BCUT2D eigenvalue weighted by Gasteiger charge is -2.03. The van der Waals surface area contributed by atoms with Crippen LogP contribution in [0.5, 0.6) is 0 Å². The summed E-state index contributed by atoms with van der Waals surface area (Å²) in [6, 6.07) is 0. The molecule has 0 saturated carbocycles. The highest BCUT2D eigenvalue weighted by molar-refractivity contribution is 7.69. The number of aliphatic imine (C=N–C) groups is 1. The summed E-state index contributed by atoms with van der Waals surface area (Å²) in [5.74, 6) is 0.399. The molecule has 0 N–H and O–H groups in total. The summed E-state index contributed by atoms with van der Waals surface area (Å²) >= 11 is 0.314. The van der Waals surface area contributed by atoms with Crippen LogP contribution in [-0.4, -0.2) is 21.2 Å². The third-order valence-corrected chi connectivity index (χ3v) is 2.02. The summed E-state index contributed by atoms with van der Waals surface area (Å²) in [6.07, 6.45) is 3.48. The van der Waals surface area contributed by atoms with Crippen LogP contribution in [0.3, 0.4) is 0 Å². The van der Waals surface area contributed by atoms with Crippen molar-refractivity contribution in [3.05, 3.63) is 24.0 Å². The zero-order valence-corrected chi connectivity index (χ0v) is 6.71. The monoisotopic (exact) mass is 182 g/mol. The Morgan fingerprint density at radius 1 is 1.58 bits per heavy atom. The van der Waals surface area contributed by atoms with Crippen LogP contribution in [0.15, 0.2) is 29.0 Å². The van der Waals surface area contributed by atoms with E-state index in [0.29, 0.717) is 27.6 Å². The Morgan fingerprint density at radius 2 is 2.42 bits per heavy atom. The second-order valence-corrected chi connectivity index (χ2v) is 2.85. The van der Waals surface area contributed by atoms with E-state index in [4.69, 9.17) is 4.74 Å². The molecule has 1 heterocycles. The molecule has 1 aliphatic heterocycles. The van der Waals surface area contributed by atoms with Crippen molar-refractivity contribution in [2.24, 2.45) is 4.99 Å². The molecule has 0 aromatic heterocycles. The molecule has 1 radical (unpaired) electrons. The predicted octanol–water partition coefficient (Wildman–Crippen LogP) is 0.0108. The predicted molar refractivity (Wildman–Crippen MR) is 43.4 cm³/mol. The van der Waals surface area contributed by atoms with Crippen LogP contribution in [0.25, 0.3) is 0 Å². The molecule has 2 aliphatic rings. The lowest BCUT2D eigenvalue weighted by Crippen LogP contribution is -2.13. The van der Waals surface area contributed by atoms with E-state index in [2.05, 4.69) is 4.99 Å². The molecule has 0 fully saturated rings. The van der Waals surface area contributed by atoms with Gasteiger partial charge in [-0.15, -0.1) is 0 Å². The van der Waals surface area contributed by atoms with Crippen LogP contribution >= 0.6 is 0 Å². The first-order chi connectivity index (χ1) is 5.81. The Hall–Kier alpha value is -1.20. The number of hydrogen-bond acceptors (Lipinski definition) is 3. The van der Waals surface area contributed by atoms with Gasteiger partial charge in [0.1, 0.15) is 5.71 Å². The number of rotatable bonds is 0. The van der Waals surface area contributed by atoms with E-state index in [1.165, 1.54) is 0 Å². The van der Waals surface area contributed by atoms with E-state index in [9.17, 15) is 9.32 Å². The zero-order valence-electron chi connectivity index (χ0n) is 5.89. The molecule has 0 aromatic carbocycles. The number of allylic oxidation sites excluding steroid dienone is 4. The summed E-state index contributed by atoms with van der Waals surface area (Å²) in [4.78, 5) is 4.06. The largest absolute Gasteiger partial charge is 0.441 e. The van der Waals surface area contributed by atoms with Gasteiger partial charge >= 0.3 is 6.41 Å². The summed E-state index contributed by atoms with van der Waals surface area (Å²) in [5.41, 5.74) is 0.387. The molecule has 4 nitrogen and oxygen atoms in total. The summed E-state index contributed by atoms with van der Waals surface area (Å²) < 4.78 is 15.3. The Kier molecular flexibility index (Phi) is 1.67. The normalized spacial score (nSPS) is 25.8. The number of ether oxygens (including phenoxy) is 1. The molecule has 0 amide bonds. The molecule has 1 aliphatic carbocycles. The Labute approximate surface area is 72.0 Å². The zero-order chi connectivity index (χ0) is 8.55. The second-order valence-electron chi connectivity index (χ2n) is 2.24. The van der Waals surface area contributed by atoms with Gasteiger partial charge in [-0.1, -0.05) is 6.08 Å². The van der Waals surface area contributed by atoms with Crippen LogP contribution in [-0.2, 0) is 21.1 Å². The van der Waals surface area contributed by atoms with Crippen molar-refractivity contribution in [1.82, 2.24) is 0 Å². The first kappa shape index (κ1) is 7.45. The van der Waals surface area contributed by atoms with Gasteiger partial charge in [0.15, 0.2) is 5.76 Å². The van der Waals surface area contributed by atoms with Crippen molar-refractivity contribution in [3.8, 4) is 0 Å². The number of nitrogens with zero attached hydrogens (tertiary/aromatic N) is 1. The molecule has 0 spiro atoms. The Morgan fingerprint density at radius 3 is 3.17 bits per heavy atom. The maximum absolute atomic E-state index is 10.8. The molecule has 0 aromatic rings. The topological polar surface area (TPSA) is 58.6 Å². The SMILES string of the molecule is [O]C1N=C2C(=CC=CC2=S=O)O1. The van der Waals surface area contributed by atoms with Gasteiger partial charge in [-0.25, -0.2) is 9.20 Å². The molecule has 0 saturated heterocycles. The van der Waals surface area contributed by atoms with Crippen molar-refractivity contribution >= 4 is 21.8 Å². The van der Waals surface area contributed by atoms with Crippen LogP contribution in [0.1, 0.15) is 0 Å². The summed E-state index contributed by atoms with van der Waals surface area (Å²) in [6.45, 7) is 0. The molecule has 2 rings (SSSR count). The first-order valence-corrected chi connectivity index (χ1v) is 4.01. The molecule has 12 heavy (non-hydrogen) atoms. The number of hydrogen-bond donors (Lipinski definition) is 0. The van der Waals surface area contributed by atoms with Gasteiger partial charge in [0.25, 0.3) is 0 Å². The third-order valence-electron chi connectivity index (χ3n) is 1.51. The van der Waals surface area contributed by atoms with E-state index in [1.807, 2.05) is 0 Å². The molecule has 0 bridgehead atoms. The molecular formula is C7H4NO3S. The highest BCUT2D eigenvalue weighted by Gasteiger charge is 2.26. The van der Waals surface area contributed by atoms with Crippen LogP contribution in [0, 0.1) is 0 Å².